The maximum atomic E-state index is 13.6. The molecule has 0 nitrogen and oxygen atoms in total. The molecule has 0 radical (unpaired) electrons. The predicted molar refractivity (Wildman–Crippen MR) is 77.8 cm³/mol. The van der Waals surface area contributed by atoms with Crippen LogP contribution in [-0.4, -0.2) is 0 Å². The summed E-state index contributed by atoms with van der Waals surface area (Å²) in [5.74, 6) is -1.71. The second-order valence-corrected chi connectivity index (χ2v) is 5.85. The fraction of sp³-hybridized carbons (Fsp3) is 0.143. The Morgan fingerprint density at radius 2 is 1.89 bits per heavy atom. The summed E-state index contributed by atoms with van der Waals surface area (Å²) in [6.07, 6.45) is 0.208. The van der Waals surface area contributed by atoms with Crippen molar-refractivity contribution in [2.75, 3.05) is 0 Å². The topological polar surface area (TPSA) is 0 Å². The molecule has 0 aliphatic heterocycles. The van der Waals surface area contributed by atoms with Crippen molar-refractivity contribution in [1.82, 2.24) is 0 Å². The molecule has 19 heavy (non-hydrogen) atoms. The minimum atomic E-state index is -0.862. The van der Waals surface area contributed by atoms with E-state index in [4.69, 9.17) is 23.2 Å². The van der Waals surface area contributed by atoms with Gasteiger partial charge in [0.15, 0.2) is 11.6 Å². The zero-order valence-electron chi connectivity index (χ0n) is 9.64. The molecular formula is C14H9BrCl2F2. The zero-order valence-corrected chi connectivity index (χ0v) is 12.7. The molecule has 1 atom stereocenters. The molecule has 2 rings (SSSR count). The van der Waals surface area contributed by atoms with Crippen LogP contribution < -0.4 is 0 Å². The van der Waals surface area contributed by atoms with Gasteiger partial charge in [0.2, 0.25) is 0 Å². The van der Waals surface area contributed by atoms with E-state index in [9.17, 15) is 8.78 Å². The average Bonchev–Trinajstić information content (AvgIpc) is 2.38. The highest BCUT2D eigenvalue weighted by molar-refractivity contribution is 9.10. The molecule has 0 bridgehead atoms. The first-order valence-corrected chi connectivity index (χ1v) is 7.11. The summed E-state index contributed by atoms with van der Waals surface area (Å²) in [5, 5.41) is 0.120. The maximum absolute atomic E-state index is 13.6. The molecule has 0 aliphatic carbocycles. The lowest BCUT2D eigenvalue weighted by Gasteiger charge is -2.12. The summed E-state index contributed by atoms with van der Waals surface area (Å²) < 4.78 is 27.4. The molecule has 0 aliphatic rings. The van der Waals surface area contributed by atoms with Gasteiger partial charge in [0.1, 0.15) is 0 Å². The first-order chi connectivity index (χ1) is 8.99. The van der Waals surface area contributed by atoms with Crippen molar-refractivity contribution in [2.24, 2.45) is 0 Å². The monoisotopic (exact) mass is 364 g/mol. The van der Waals surface area contributed by atoms with Crippen LogP contribution in [0.1, 0.15) is 16.5 Å². The normalized spacial score (nSPS) is 12.5. The van der Waals surface area contributed by atoms with Gasteiger partial charge in [0.05, 0.1) is 10.4 Å². The van der Waals surface area contributed by atoms with Crippen LogP contribution in [0.3, 0.4) is 0 Å². The summed E-state index contributed by atoms with van der Waals surface area (Å²) in [6.45, 7) is 0. The Kier molecular flexibility index (Phi) is 4.82. The number of rotatable bonds is 3. The van der Waals surface area contributed by atoms with Gasteiger partial charge in [-0.05, 0) is 51.7 Å². The first-order valence-electron chi connectivity index (χ1n) is 5.51. The summed E-state index contributed by atoms with van der Waals surface area (Å²) >= 11 is 15.4. The smallest absolute Gasteiger partial charge is 0.162 e. The van der Waals surface area contributed by atoms with Crippen molar-refractivity contribution in [2.45, 2.75) is 11.8 Å². The van der Waals surface area contributed by atoms with Crippen LogP contribution in [0, 0.1) is 11.6 Å². The minimum absolute atomic E-state index is 0.208. The van der Waals surface area contributed by atoms with Crippen LogP contribution in [-0.2, 0) is 6.42 Å². The summed E-state index contributed by atoms with van der Waals surface area (Å²) in [6, 6.07) is 9.33. The lowest BCUT2D eigenvalue weighted by atomic mass is 10.0. The highest BCUT2D eigenvalue weighted by Crippen LogP contribution is 2.31. The van der Waals surface area contributed by atoms with E-state index < -0.39 is 17.0 Å². The minimum Gasteiger partial charge on any atom is -0.204 e. The van der Waals surface area contributed by atoms with Crippen LogP contribution in [0.15, 0.2) is 40.9 Å². The maximum Gasteiger partial charge on any atom is 0.162 e. The van der Waals surface area contributed by atoms with Gasteiger partial charge in [-0.15, -0.1) is 11.6 Å². The van der Waals surface area contributed by atoms with Gasteiger partial charge < -0.3 is 0 Å². The van der Waals surface area contributed by atoms with Crippen LogP contribution in [0.25, 0.3) is 0 Å². The van der Waals surface area contributed by atoms with E-state index in [1.54, 1.807) is 18.2 Å². The molecule has 0 N–H and O–H groups in total. The molecule has 0 saturated heterocycles. The summed E-state index contributed by atoms with van der Waals surface area (Å²) in [4.78, 5) is 0. The number of benzene rings is 2. The van der Waals surface area contributed by atoms with Crippen molar-refractivity contribution < 1.29 is 8.78 Å². The summed E-state index contributed by atoms with van der Waals surface area (Å²) in [5.41, 5.74) is 1.05. The molecule has 2 aromatic carbocycles. The van der Waals surface area contributed by atoms with E-state index in [2.05, 4.69) is 15.9 Å². The Morgan fingerprint density at radius 1 is 1.16 bits per heavy atom. The SMILES string of the molecule is Fc1cccc(CC(Cl)c2ccc(Cl)c(Br)c2)c1F. The van der Waals surface area contributed by atoms with Gasteiger partial charge in [0, 0.05) is 4.47 Å². The van der Waals surface area contributed by atoms with Gasteiger partial charge in [0.25, 0.3) is 0 Å². The van der Waals surface area contributed by atoms with Crippen molar-refractivity contribution in [3.05, 3.63) is 68.7 Å². The Balaban J connectivity index is 2.23. The zero-order chi connectivity index (χ0) is 14.0. The standard InChI is InChI=1S/C14H9BrCl2F2/c15-10-6-8(4-5-11(10)16)12(17)7-9-2-1-3-13(18)14(9)19/h1-6,12H,7H2. The Hall–Kier alpha value is -0.640. The highest BCUT2D eigenvalue weighted by atomic mass is 79.9. The van der Waals surface area contributed by atoms with Crippen LogP contribution in [0.4, 0.5) is 8.78 Å². The molecule has 0 fully saturated rings. The number of hydrogen-bond donors (Lipinski definition) is 0. The summed E-state index contributed by atoms with van der Waals surface area (Å²) in [7, 11) is 0. The van der Waals surface area contributed by atoms with Crippen molar-refractivity contribution in [3.63, 3.8) is 0 Å². The number of halogens is 5. The van der Waals surface area contributed by atoms with Gasteiger partial charge in [-0.25, -0.2) is 8.78 Å². The molecule has 0 heterocycles. The number of alkyl halides is 1. The second kappa shape index (κ2) is 6.21. The molecule has 0 aromatic heterocycles. The first kappa shape index (κ1) is 14.8. The molecule has 0 spiro atoms. The van der Waals surface area contributed by atoms with Crippen LogP contribution in [0.2, 0.25) is 5.02 Å². The third kappa shape index (κ3) is 3.47. The van der Waals surface area contributed by atoms with E-state index in [1.165, 1.54) is 12.1 Å². The quantitative estimate of drug-likeness (QED) is 0.593. The van der Waals surface area contributed by atoms with Gasteiger partial charge in [-0.1, -0.05) is 29.8 Å². The predicted octanol–water partition coefficient (Wildman–Crippen LogP) is 5.90. The van der Waals surface area contributed by atoms with E-state index in [0.29, 0.717) is 5.02 Å². The molecule has 2 aromatic rings. The lowest BCUT2D eigenvalue weighted by molar-refractivity contribution is 0.498. The molecule has 100 valence electrons. The second-order valence-electron chi connectivity index (χ2n) is 4.06. The van der Waals surface area contributed by atoms with Crippen LogP contribution in [0.5, 0.6) is 0 Å². The van der Waals surface area contributed by atoms with E-state index in [-0.39, 0.29) is 12.0 Å². The molecule has 0 saturated carbocycles. The van der Waals surface area contributed by atoms with E-state index >= 15 is 0 Å². The van der Waals surface area contributed by atoms with Gasteiger partial charge >= 0.3 is 0 Å². The largest absolute Gasteiger partial charge is 0.204 e. The fourth-order valence-electron chi connectivity index (χ4n) is 1.72. The molecule has 0 amide bonds. The Bertz CT molecular complexity index is 602. The molecule has 5 heteroatoms. The molecule has 1 unspecified atom stereocenters. The van der Waals surface area contributed by atoms with Crippen molar-refractivity contribution in [3.8, 4) is 0 Å². The van der Waals surface area contributed by atoms with Crippen LogP contribution >= 0.6 is 39.1 Å². The van der Waals surface area contributed by atoms with Crippen molar-refractivity contribution >= 4 is 39.1 Å². The Morgan fingerprint density at radius 3 is 2.58 bits per heavy atom. The van der Waals surface area contributed by atoms with E-state index in [0.717, 1.165) is 16.1 Å². The fourth-order valence-corrected chi connectivity index (χ4v) is 2.54. The lowest BCUT2D eigenvalue weighted by Crippen LogP contribution is -2.00. The van der Waals surface area contributed by atoms with E-state index in [1.807, 2.05) is 0 Å². The average molecular weight is 366 g/mol. The van der Waals surface area contributed by atoms with Crippen molar-refractivity contribution in [1.29, 1.82) is 0 Å². The third-order valence-electron chi connectivity index (χ3n) is 2.74. The molecular weight excluding hydrogens is 357 g/mol. The van der Waals surface area contributed by atoms with Gasteiger partial charge in [-0.3, -0.25) is 0 Å². The van der Waals surface area contributed by atoms with Gasteiger partial charge in [-0.2, -0.15) is 0 Å². The highest BCUT2D eigenvalue weighted by Gasteiger charge is 2.15. The number of hydrogen-bond acceptors (Lipinski definition) is 0. The third-order valence-corrected chi connectivity index (χ3v) is 4.36. The Labute approximate surface area is 128 Å².